The van der Waals surface area contributed by atoms with Crippen molar-refractivity contribution in [1.82, 2.24) is 4.90 Å². The van der Waals surface area contributed by atoms with Crippen molar-refractivity contribution in [2.75, 3.05) is 20.1 Å². The van der Waals surface area contributed by atoms with Gasteiger partial charge < -0.3 is 10.5 Å². The minimum atomic E-state index is -2.33. The summed E-state index contributed by atoms with van der Waals surface area (Å²) in [5.41, 5.74) is 6.91. The van der Waals surface area contributed by atoms with Crippen molar-refractivity contribution < 1.29 is 13.5 Å². The second kappa shape index (κ2) is 7.40. The number of hydrogen-bond acceptors (Lipinski definition) is 3. The van der Waals surface area contributed by atoms with E-state index in [9.17, 15) is 8.78 Å². The van der Waals surface area contributed by atoms with E-state index in [0.29, 0.717) is 6.54 Å². The molecule has 0 saturated heterocycles. The fourth-order valence-electron chi connectivity index (χ4n) is 1.82. The molecule has 19 heavy (non-hydrogen) atoms. The van der Waals surface area contributed by atoms with Crippen LogP contribution in [0.4, 0.5) is 8.78 Å². The Morgan fingerprint density at radius 2 is 1.74 bits per heavy atom. The predicted octanol–water partition coefficient (Wildman–Crippen LogP) is 2.67. The Morgan fingerprint density at radius 3 is 2.21 bits per heavy atom. The summed E-state index contributed by atoms with van der Waals surface area (Å²) < 4.78 is 30.0. The monoisotopic (exact) mass is 272 g/mol. The van der Waals surface area contributed by atoms with Gasteiger partial charge in [0, 0.05) is 12.6 Å². The molecule has 3 nitrogen and oxygen atoms in total. The average molecular weight is 272 g/mol. The summed E-state index contributed by atoms with van der Waals surface area (Å²) >= 11 is 0. The lowest BCUT2D eigenvalue weighted by molar-refractivity contribution is 0.0978. The highest BCUT2D eigenvalue weighted by atomic mass is 19.3. The number of nitrogens with zero attached hydrogens (tertiary/aromatic N) is 1. The van der Waals surface area contributed by atoms with Gasteiger partial charge in [0.2, 0.25) is 0 Å². The summed E-state index contributed by atoms with van der Waals surface area (Å²) in [6, 6.07) is 7.17. The summed E-state index contributed by atoms with van der Waals surface area (Å²) in [5, 5.41) is 0. The van der Waals surface area contributed by atoms with E-state index in [1.54, 1.807) is 7.05 Å². The number of rotatable bonds is 7. The van der Waals surface area contributed by atoms with Crippen LogP contribution in [0.2, 0.25) is 0 Å². The molecular weight excluding hydrogens is 250 g/mol. The number of ether oxygens (including phenoxy) is 1. The zero-order valence-electron chi connectivity index (χ0n) is 11.6. The zero-order valence-corrected chi connectivity index (χ0v) is 11.6. The van der Waals surface area contributed by atoms with E-state index in [1.165, 1.54) is 4.90 Å². The van der Waals surface area contributed by atoms with Gasteiger partial charge in [-0.05, 0) is 38.6 Å². The lowest BCUT2D eigenvalue weighted by atomic mass is 10.1. The first-order chi connectivity index (χ1) is 8.88. The van der Waals surface area contributed by atoms with E-state index in [1.807, 2.05) is 38.1 Å². The average Bonchev–Trinajstić information content (AvgIpc) is 2.27. The van der Waals surface area contributed by atoms with Crippen LogP contribution >= 0.6 is 0 Å². The zero-order chi connectivity index (χ0) is 14.4. The first-order valence-corrected chi connectivity index (χ1v) is 6.37. The Bertz CT molecular complexity index is 368. The number of nitrogens with two attached hydrogens (primary N) is 1. The maximum atomic E-state index is 12.2. The first kappa shape index (κ1) is 15.9. The van der Waals surface area contributed by atoms with E-state index >= 15 is 0 Å². The molecule has 5 heteroatoms. The summed E-state index contributed by atoms with van der Waals surface area (Å²) in [7, 11) is 1.64. The number of halogens is 2. The highest BCUT2D eigenvalue weighted by molar-refractivity contribution is 5.29. The van der Waals surface area contributed by atoms with Crippen molar-refractivity contribution in [3.63, 3.8) is 0 Å². The van der Waals surface area contributed by atoms with Crippen LogP contribution in [-0.4, -0.2) is 37.6 Å². The lowest BCUT2D eigenvalue weighted by Gasteiger charge is -2.21. The van der Waals surface area contributed by atoms with E-state index in [-0.39, 0.29) is 18.7 Å². The van der Waals surface area contributed by atoms with Gasteiger partial charge in [-0.3, -0.25) is 4.90 Å². The molecule has 1 unspecified atom stereocenters. The molecule has 0 aliphatic carbocycles. The van der Waals surface area contributed by atoms with Crippen molar-refractivity contribution in [2.45, 2.75) is 32.4 Å². The van der Waals surface area contributed by atoms with Crippen LogP contribution in [0.5, 0.6) is 5.75 Å². The van der Waals surface area contributed by atoms with Crippen molar-refractivity contribution in [1.29, 1.82) is 0 Å². The molecule has 0 aromatic heterocycles. The summed E-state index contributed by atoms with van der Waals surface area (Å²) in [4.78, 5) is 1.54. The smallest absolute Gasteiger partial charge is 0.251 e. The third-order valence-electron chi connectivity index (χ3n) is 2.64. The summed E-state index contributed by atoms with van der Waals surface area (Å²) in [5.74, 6) is 0.784. The van der Waals surface area contributed by atoms with Gasteiger partial charge in [-0.25, -0.2) is 8.78 Å². The molecule has 0 bridgehead atoms. The van der Waals surface area contributed by atoms with Crippen LogP contribution in [0.3, 0.4) is 0 Å². The van der Waals surface area contributed by atoms with Gasteiger partial charge in [-0.15, -0.1) is 0 Å². The quantitative estimate of drug-likeness (QED) is 0.829. The molecule has 0 amide bonds. The number of hydrogen-bond donors (Lipinski definition) is 1. The van der Waals surface area contributed by atoms with E-state index in [2.05, 4.69) is 0 Å². The minimum Gasteiger partial charge on any atom is -0.491 e. The molecule has 1 aromatic carbocycles. The molecule has 0 saturated carbocycles. The third-order valence-corrected chi connectivity index (χ3v) is 2.64. The van der Waals surface area contributed by atoms with Crippen molar-refractivity contribution in [3.05, 3.63) is 29.8 Å². The van der Waals surface area contributed by atoms with E-state index < -0.39 is 6.43 Å². The molecule has 1 rings (SSSR count). The Labute approximate surface area is 113 Å². The van der Waals surface area contributed by atoms with Crippen molar-refractivity contribution in [2.24, 2.45) is 5.73 Å². The third kappa shape index (κ3) is 5.98. The minimum absolute atomic E-state index is 0.122. The molecule has 1 aromatic rings. The Morgan fingerprint density at radius 1 is 1.16 bits per heavy atom. The second-order valence-electron chi connectivity index (χ2n) is 4.95. The Kier molecular flexibility index (Phi) is 6.18. The standard InChI is InChI=1S/C14H22F2N2O/c1-10(2)19-12-6-4-11(5-7-12)13(17)8-18(3)9-14(15)16/h4-7,10,13-14H,8-9,17H2,1-3H3. The van der Waals surface area contributed by atoms with Gasteiger partial charge in [-0.1, -0.05) is 12.1 Å². The molecular formula is C14H22F2N2O. The van der Waals surface area contributed by atoms with Crippen LogP contribution in [0.1, 0.15) is 25.5 Å². The van der Waals surface area contributed by atoms with Crippen LogP contribution in [0.15, 0.2) is 24.3 Å². The highest BCUT2D eigenvalue weighted by Crippen LogP contribution is 2.18. The number of benzene rings is 1. The van der Waals surface area contributed by atoms with Crippen molar-refractivity contribution >= 4 is 0 Å². The maximum absolute atomic E-state index is 12.2. The summed E-state index contributed by atoms with van der Waals surface area (Å²) in [6.07, 6.45) is -2.21. The van der Waals surface area contributed by atoms with Crippen LogP contribution in [-0.2, 0) is 0 Å². The number of likely N-dealkylation sites (N-methyl/N-ethyl adjacent to an activating group) is 1. The summed E-state index contributed by atoms with van der Waals surface area (Å²) in [6.45, 7) is 4.05. The maximum Gasteiger partial charge on any atom is 0.251 e. The van der Waals surface area contributed by atoms with Gasteiger partial charge in [0.15, 0.2) is 0 Å². The fraction of sp³-hybridized carbons (Fsp3) is 0.571. The largest absolute Gasteiger partial charge is 0.491 e. The molecule has 108 valence electrons. The molecule has 0 aliphatic heterocycles. The predicted molar refractivity (Wildman–Crippen MR) is 72.6 cm³/mol. The van der Waals surface area contributed by atoms with Gasteiger partial charge in [-0.2, -0.15) is 0 Å². The van der Waals surface area contributed by atoms with Crippen molar-refractivity contribution in [3.8, 4) is 5.75 Å². The molecule has 0 spiro atoms. The van der Waals surface area contributed by atoms with Crippen LogP contribution in [0, 0.1) is 0 Å². The molecule has 0 fully saturated rings. The lowest BCUT2D eigenvalue weighted by Crippen LogP contribution is -2.32. The van der Waals surface area contributed by atoms with Crippen LogP contribution < -0.4 is 10.5 Å². The Balaban J connectivity index is 2.55. The van der Waals surface area contributed by atoms with Gasteiger partial charge in [0.25, 0.3) is 6.43 Å². The molecule has 0 aliphatic rings. The van der Waals surface area contributed by atoms with E-state index in [4.69, 9.17) is 10.5 Å². The normalized spacial score (nSPS) is 13.3. The molecule has 2 N–H and O–H groups in total. The molecule has 1 atom stereocenters. The highest BCUT2D eigenvalue weighted by Gasteiger charge is 2.13. The topological polar surface area (TPSA) is 38.5 Å². The van der Waals surface area contributed by atoms with Gasteiger partial charge in [0.1, 0.15) is 5.75 Å². The van der Waals surface area contributed by atoms with Gasteiger partial charge in [0.05, 0.1) is 12.6 Å². The van der Waals surface area contributed by atoms with Gasteiger partial charge >= 0.3 is 0 Å². The second-order valence-corrected chi connectivity index (χ2v) is 4.95. The Hall–Kier alpha value is -1.20. The SMILES string of the molecule is CC(C)Oc1ccc(C(N)CN(C)CC(F)F)cc1. The van der Waals surface area contributed by atoms with Crippen LogP contribution in [0.25, 0.3) is 0 Å². The fourth-order valence-corrected chi connectivity index (χ4v) is 1.82. The number of alkyl halides is 2. The first-order valence-electron chi connectivity index (χ1n) is 6.37. The molecule has 0 heterocycles. The molecule has 0 radical (unpaired) electrons. The van der Waals surface area contributed by atoms with E-state index in [0.717, 1.165) is 11.3 Å².